The summed E-state index contributed by atoms with van der Waals surface area (Å²) in [5.74, 6) is 6.07. The van der Waals surface area contributed by atoms with Gasteiger partial charge >= 0.3 is 6.01 Å². The number of nitrogen functional groups attached to an aromatic ring is 1. The topological polar surface area (TPSA) is 123 Å². The highest BCUT2D eigenvalue weighted by Gasteiger charge is 2.30. The lowest BCUT2D eigenvalue weighted by molar-refractivity contribution is 0.291. The minimum atomic E-state index is -3.00. The van der Waals surface area contributed by atoms with Gasteiger partial charge in [0.25, 0.3) is 0 Å². The number of hydrazine groups is 1. The van der Waals surface area contributed by atoms with Gasteiger partial charge in [-0.15, -0.1) is 0 Å². The van der Waals surface area contributed by atoms with Crippen LogP contribution in [0.15, 0.2) is 0 Å². The minimum Gasteiger partial charge on any atom is -0.463 e. The molecule has 0 radical (unpaired) electrons. The fourth-order valence-corrected chi connectivity index (χ4v) is 3.65. The standard InChI is InChI=1S/C11H20N6O3S/c1-3-5-20-11-14-9(16-12)13-10(15-11)17-4-6-21(18,19)7-8(17)2/h8H,3-7,12H2,1-2H3,(H,13,14,15,16). The van der Waals surface area contributed by atoms with Crippen molar-refractivity contribution in [3.63, 3.8) is 0 Å². The number of rotatable bonds is 5. The molecule has 1 atom stereocenters. The molecule has 0 spiro atoms. The van der Waals surface area contributed by atoms with Crippen molar-refractivity contribution in [2.24, 2.45) is 5.84 Å². The van der Waals surface area contributed by atoms with Crippen LogP contribution in [0, 0.1) is 0 Å². The number of nitrogens with two attached hydrogens (primary N) is 1. The second-order valence-corrected chi connectivity index (χ2v) is 7.12. The van der Waals surface area contributed by atoms with Gasteiger partial charge < -0.3 is 9.64 Å². The molecule has 1 aliphatic rings. The molecule has 0 saturated carbocycles. The average Bonchev–Trinajstić information content (AvgIpc) is 2.43. The SMILES string of the molecule is CCCOc1nc(NN)nc(N2CCS(=O)(=O)CC2C)n1. The first-order chi connectivity index (χ1) is 9.95. The molecule has 0 bridgehead atoms. The van der Waals surface area contributed by atoms with E-state index in [4.69, 9.17) is 10.6 Å². The fraction of sp³-hybridized carbons (Fsp3) is 0.727. The van der Waals surface area contributed by atoms with Gasteiger partial charge in [-0.25, -0.2) is 14.3 Å². The monoisotopic (exact) mass is 316 g/mol. The van der Waals surface area contributed by atoms with E-state index in [1.54, 1.807) is 0 Å². The third-order valence-corrected chi connectivity index (χ3v) is 4.89. The Morgan fingerprint density at radius 2 is 2.19 bits per heavy atom. The molecular weight excluding hydrogens is 296 g/mol. The summed E-state index contributed by atoms with van der Waals surface area (Å²) in [4.78, 5) is 14.2. The molecule has 3 N–H and O–H groups in total. The van der Waals surface area contributed by atoms with Gasteiger partial charge in [-0.1, -0.05) is 6.92 Å². The van der Waals surface area contributed by atoms with Crippen molar-refractivity contribution in [1.82, 2.24) is 15.0 Å². The van der Waals surface area contributed by atoms with Crippen LogP contribution in [0.3, 0.4) is 0 Å². The Balaban J connectivity index is 2.25. The molecule has 9 nitrogen and oxygen atoms in total. The molecule has 1 unspecified atom stereocenters. The Kier molecular flexibility index (Phi) is 4.78. The molecule has 1 aromatic rings. The summed E-state index contributed by atoms with van der Waals surface area (Å²) in [6, 6.07) is -0.0359. The molecule has 0 amide bonds. The molecule has 0 aliphatic carbocycles. The van der Waals surface area contributed by atoms with Crippen LogP contribution in [0.4, 0.5) is 11.9 Å². The van der Waals surface area contributed by atoms with Crippen LogP contribution in [-0.4, -0.2) is 54.1 Å². The summed E-state index contributed by atoms with van der Waals surface area (Å²) in [5.41, 5.74) is 2.37. The van der Waals surface area contributed by atoms with Crippen molar-refractivity contribution < 1.29 is 13.2 Å². The van der Waals surface area contributed by atoms with Gasteiger partial charge in [-0.2, -0.15) is 15.0 Å². The normalized spacial score (nSPS) is 21.1. The van der Waals surface area contributed by atoms with Gasteiger partial charge in [0.2, 0.25) is 11.9 Å². The molecule has 1 aliphatic heterocycles. The average molecular weight is 316 g/mol. The van der Waals surface area contributed by atoms with Gasteiger partial charge in [0.05, 0.1) is 18.1 Å². The molecular formula is C11H20N6O3S. The Bertz CT molecular complexity index is 594. The van der Waals surface area contributed by atoms with Crippen molar-refractivity contribution >= 4 is 21.7 Å². The zero-order valence-electron chi connectivity index (χ0n) is 12.1. The number of ether oxygens (including phenoxy) is 1. The third kappa shape index (κ3) is 3.91. The number of nitrogens with one attached hydrogen (secondary N) is 1. The van der Waals surface area contributed by atoms with Crippen LogP contribution in [-0.2, 0) is 9.84 Å². The largest absolute Gasteiger partial charge is 0.463 e. The van der Waals surface area contributed by atoms with E-state index in [0.717, 1.165) is 6.42 Å². The third-order valence-electron chi connectivity index (χ3n) is 3.09. The molecule has 2 heterocycles. The van der Waals surface area contributed by atoms with Crippen molar-refractivity contribution in [2.45, 2.75) is 26.3 Å². The van der Waals surface area contributed by atoms with Crippen LogP contribution in [0.25, 0.3) is 0 Å². The molecule has 118 valence electrons. The highest BCUT2D eigenvalue weighted by Crippen LogP contribution is 2.20. The van der Waals surface area contributed by atoms with E-state index in [1.165, 1.54) is 0 Å². The summed E-state index contributed by atoms with van der Waals surface area (Å²) in [6.07, 6.45) is 0.824. The molecule has 21 heavy (non-hydrogen) atoms. The quantitative estimate of drug-likeness (QED) is 0.550. The lowest BCUT2D eigenvalue weighted by Gasteiger charge is -2.33. The highest BCUT2D eigenvalue weighted by molar-refractivity contribution is 7.91. The summed E-state index contributed by atoms with van der Waals surface area (Å²) < 4.78 is 28.7. The summed E-state index contributed by atoms with van der Waals surface area (Å²) in [6.45, 7) is 4.62. The van der Waals surface area contributed by atoms with E-state index in [-0.39, 0.29) is 29.5 Å². The zero-order valence-corrected chi connectivity index (χ0v) is 12.9. The van der Waals surface area contributed by atoms with Crippen LogP contribution < -0.4 is 20.9 Å². The van der Waals surface area contributed by atoms with Crippen molar-refractivity contribution in [3.8, 4) is 6.01 Å². The van der Waals surface area contributed by atoms with Crippen molar-refractivity contribution in [1.29, 1.82) is 0 Å². The second-order valence-electron chi connectivity index (χ2n) is 4.89. The molecule has 1 saturated heterocycles. The minimum absolute atomic E-state index is 0.0786. The molecule has 1 fully saturated rings. The Morgan fingerprint density at radius 3 is 2.81 bits per heavy atom. The molecule has 10 heteroatoms. The van der Waals surface area contributed by atoms with E-state index >= 15 is 0 Å². The molecule has 1 aromatic heterocycles. The van der Waals surface area contributed by atoms with E-state index in [2.05, 4.69) is 20.4 Å². The first-order valence-corrected chi connectivity index (χ1v) is 8.60. The molecule has 2 rings (SSSR count). The lowest BCUT2D eigenvalue weighted by Crippen LogP contribution is -2.47. The summed E-state index contributed by atoms with van der Waals surface area (Å²) in [7, 11) is -3.00. The number of anilines is 2. The first-order valence-electron chi connectivity index (χ1n) is 6.77. The number of sulfone groups is 1. The van der Waals surface area contributed by atoms with E-state index < -0.39 is 9.84 Å². The predicted octanol–water partition coefficient (Wildman–Crippen LogP) is -0.431. The van der Waals surface area contributed by atoms with E-state index in [9.17, 15) is 8.42 Å². The van der Waals surface area contributed by atoms with Gasteiger partial charge in [-0.3, -0.25) is 5.43 Å². The lowest BCUT2D eigenvalue weighted by atomic mass is 10.3. The van der Waals surface area contributed by atoms with E-state index in [0.29, 0.717) is 19.1 Å². The van der Waals surface area contributed by atoms with Crippen LogP contribution in [0.5, 0.6) is 6.01 Å². The van der Waals surface area contributed by atoms with Crippen LogP contribution in [0.2, 0.25) is 0 Å². The number of hydrogen-bond acceptors (Lipinski definition) is 9. The maximum Gasteiger partial charge on any atom is 0.323 e. The van der Waals surface area contributed by atoms with Gasteiger partial charge in [-0.05, 0) is 13.3 Å². The first kappa shape index (κ1) is 15.7. The maximum absolute atomic E-state index is 11.6. The summed E-state index contributed by atoms with van der Waals surface area (Å²) in [5, 5.41) is 0. The van der Waals surface area contributed by atoms with Gasteiger partial charge in [0, 0.05) is 12.6 Å². The summed E-state index contributed by atoms with van der Waals surface area (Å²) >= 11 is 0. The highest BCUT2D eigenvalue weighted by atomic mass is 32.2. The molecule has 0 aromatic carbocycles. The zero-order chi connectivity index (χ0) is 15.5. The second kappa shape index (κ2) is 6.39. The predicted molar refractivity (Wildman–Crippen MR) is 78.9 cm³/mol. The smallest absolute Gasteiger partial charge is 0.323 e. The van der Waals surface area contributed by atoms with Crippen molar-refractivity contribution in [2.75, 3.05) is 35.0 Å². The fourth-order valence-electron chi connectivity index (χ4n) is 2.09. The maximum atomic E-state index is 11.6. The van der Waals surface area contributed by atoms with Crippen molar-refractivity contribution in [3.05, 3.63) is 0 Å². The number of nitrogens with zero attached hydrogens (tertiary/aromatic N) is 4. The van der Waals surface area contributed by atoms with Crippen LogP contribution in [0.1, 0.15) is 20.3 Å². The number of aromatic nitrogens is 3. The van der Waals surface area contributed by atoms with Gasteiger partial charge in [0.15, 0.2) is 9.84 Å². The van der Waals surface area contributed by atoms with Gasteiger partial charge in [0.1, 0.15) is 0 Å². The van der Waals surface area contributed by atoms with Crippen LogP contribution >= 0.6 is 0 Å². The Morgan fingerprint density at radius 1 is 1.43 bits per heavy atom. The Labute approximate surface area is 123 Å². The van der Waals surface area contributed by atoms with E-state index in [1.807, 2.05) is 18.7 Å². The number of hydrogen-bond donors (Lipinski definition) is 2. The Hall–Kier alpha value is -1.68.